The Balaban J connectivity index is -0.0000000657. The second-order valence-electron chi connectivity index (χ2n) is 3.35. The summed E-state index contributed by atoms with van der Waals surface area (Å²) in [6.45, 7) is 6.33. The Hall–Kier alpha value is -2.69. The second kappa shape index (κ2) is 28.5. The van der Waals surface area contributed by atoms with E-state index in [1.165, 1.54) is 0 Å². The third-order valence-corrected chi connectivity index (χ3v) is 0.621. The van der Waals surface area contributed by atoms with E-state index in [0.29, 0.717) is 6.61 Å². The molecule has 0 amide bonds. The number of carboxylic acids is 4. The molecule has 0 heterocycles. The third-order valence-electron chi connectivity index (χ3n) is 0.621. The highest BCUT2D eigenvalue weighted by molar-refractivity contribution is 5.69. The lowest BCUT2D eigenvalue weighted by molar-refractivity contribution is -0.144. The first-order valence-corrected chi connectivity index (χ1v) is 6.28. The number of ether oxygens (including phenoxy) is 1. The van der Waals surface area contributed by atoms with Gasteiger partial charge in [-0.3, -0.25) is 24.0 Å². The summed E-state index contributed by atoms with van der Waals surface area (Å²) in [6, 6.07) is 0. The summed E-state index contributed by atoms with van der Waals surface area (Å²) >= 11 is 0. The fourth-order valence-electron chi connectivity index (χ4n) is 0.324. The van der Waals surface area contributed by atoms with Gasteiger partial charge in [-0.25, -0.2) is 0 Å². The van der Waals surface area contributed by atoms with E-state index in [9.17, 15) is 4.79 Å². The molecule has 0 aromatic rings. The van der Waals surface area contributed by atoms with Crippen LogP contribution in [0.5, 0.6) is 0 Å². The van der Waals surface area contributed by atoms with Crippen LogP contribution in [0.2, 0.25) is 0 Å². The first-order valence-electron chi connectivity index (χ1n) is 6.28. The van der Waals surface area contributed by atoms with E-state index in [2.05, 4.69) is 4.74 Å². The Morgan fingerprint density at radius 3 is 1.04 bits per heavy atom. The molecule has 0 aliphatic rings. The van der Waals surface area contributed by atoms with Crippen molar-refractivity contribution in [2.45, 2.75) is 41.0 Å². The van der Waals surface area contributed by atoms with E-state index in [1.54, 1.807) is 6.92 Å². The van der Waals surface area contributed by atoms with E-state index in [1.807, 2.05) is 0 Å². The number of aliphatic hydroxyl groups is 1. The van der Waals surface area contributed by atoms with E-state index >= 15 is 0 Å². The molecule has 0 rings (SSSR count). The number of aliphatic hydroxyl groups excluding tert-OH is 1. The van der Waals surface area contributed by atoms with Crippen molar-refractivity contribution in [3.8, 4) is 0 Å². The van der Waals surface area contributed by atoms with Crippen LogP contribution in [0.15, 0.2) is 0 Å². The van der Waals surface area contributed by atoms with Crippen molar-refractivity contribution in [2.75, 3.05) is 13.2 Å². The number of aliphatic carboxylic acids is 4. The van der Waals surface area contributed by atoms with E-state index in [0.717, 1.165) is 27.7 Å². The molecule has 144 valence electrons. The van der Waals surface area contributed by atoms with Crippen LogP contribution in [-0.2, 0) is 28.7 Å². The molecule has 0 aliphatic heterocycles. The molecule has 5 N–H and O–H groups in total. The second-order valence-corrected chi connectivity index (χ2v) is 3.35. The summed E-state index contributed by atoms with van der Waals surface area (Å²) < 4.78 is 4.48. The SMILES string of the molecule is CC(=O)O.CC(=O)O.CC(=O)O.CC(=O)O.CCOC(=O)CCO. The predicted octanol–water partition coefficient (Wildman–Crippen LogP) is 0.296. The zero-order valence-corrected chi connectivity index (χ0v) is 14.3. The Bertz CT molecular complexity index is 278. The lowest BCUT2D eigenvalue weighted by Crippen LogP contribution is -2.05. The summed E-state index contributed by atoms with van der Waals surface area (Å²) in [6.07, 6.45) is 0.105. The molecule has 0 aromatic carbocycles. The standard InChI is InChI=1S/C5H10O3.4C2H4O2/c1-2-8-5(7)3-4-6;4*1-2(3)4/h6H,2-4H2,1H3;4*1H3,(H,3,4). The van der Waals surface area contributed by atoms with Gasteiger partial charge in [-0.2, -0.15) is 0 Å². The monoisotopic (exact) mass is 358 g/mol. The molecule has 0 saturated carbocycles. The van der Waals surface area contributed by atoms with Crippen LogP contribution < -0.4 is 0 Å². The predicted molar refractivity (Wildman–Crippen MR) is 81.6 cm³/mol. The Morgan fingerprint density at radius 1 is 0.708 bits per heavy atom. The van der Waals surface area contributed by atoms with Gasteiger partial charge >= 0.3 is 5.97 Å². The van der Waals surface area contributed by atoms with Gasteiger partial charge in [0.15, 0.2) is 0 Å². The van der Waals surface area contributed by atoms with Gasteiger partial charge in [0.05, 0.1) is 19.6 Å². The molecule has 0 bridgehead atoms. The zero-order chi connectivity index (χ0) is 20.7. The molecule has 0 aromatic heterocycles. The van der Waals surface area contributed by atoms with Crippen molar-refractivity contribution >= 4 is 29.8 Å². The fraction of sp³-hybridized carbons (Fsp3) is 0.615. The first-order chi connectivity index (χ1) is 10.7. The summed E-state index contributed by atoms with van der Waals surface area (Å²) in [5.74, 6) is -3.67. The van der Waals surface area contributed by atoms with Gasteiger partial charge in [0.1, 0.15) is 0 Å². The molecule has 24 heavy (non-hydrogen) atoms. The molecular weight excluding hydrogens is 332 g/mol. The number of carboxylic acid groups (broad SMARTS) is 4. The van der Waals surface area contributed by atoms with Crippen molar-refractivity contribution < 1.29 is 54.2 Å². The molecule has 0 unspecified atom stereocenters. The minimum absolute atomic E-state index is 0.105. The largest absolute Gasteiger partial charge is 0.481 e. The first kappa shape index (κ1) is 33.0. The molecule has 0 spiro atoms. The average molecular weight is 358 g/mol. The smallest absolute Gasteiger partial charge is 0.308 e. The van der Waals surface area contributed by atoms with E-state index in [4.69, 9.17) is 44.7 Å². The topological polar surface area (TPSA) is 196 Å². The van der Waals surface area contributed by atoms with Crippen LogP contribution in [0.3, 0.4) is 0 Å². The van der Waals surface area contributed by atoms with Crippen molar-refractivity contribution in [1.82, 2.24) is 0 Å². The van der Waals surface area contributed by atoms with Crippen molar-refractivity contribution in [3.63, 3.8) is 0 Å². The maximum Gasteiger partial charge on any atom is 0.308 e. The molecule has 0 fully saturated rings. The zero-order valence-electron chi connectivity index (χ0n) is 14.3. The number of hydrogen-bond donors (Lipinski definition) is 5. The Morgan fingerprint density at radius 2 is 0.917 bits per heavy atom. The minimum Gasteiger partial charge on any atom is -0.481 e. The van der Waals surface area contributed by atoms with Crippen LogP contribution in [-0.4, -0.2) is 68.6 Å². The Kier molecular flexibility index (Phi) is 39.2. The maximum atomic E-state index is 10.3. The lowest BCUT2D eigenvalue weighted by Gasteiger charge is -1.96. The molecule has 0 aliphatic carbocycles. The lowest BCUT2D eigenvalue weighted by atomic mass is 10.5. The van der Waals surface area contributed by atoms with Crippen LogP contribution in [0.1, 0.15) is 41.0 Å². The van der Waals surface area contributed by atoms with Crippen LogP contribution in [0.4, 0.5) is 0 Å². The van der Waals surface area contributed by atoms with Crippen LogP contribution in [0.25, 0.3) is 0 Å². The van der Waals surface area contributed by atoms with E-state index in [-0.39, 0.29) is 19.0 Å². The van der Waals surface area contributed by atoms with Crippen LogP contribution >= 0.6 is 0 Å². The molecule has 0 atom stereocenters. The van der Waals surface area contributed by atoms with E-state index < -0.39 is 23.9 Å². The van der Waals surface area contributed by atoms with Gasteiger partial charge in [0.25, 0.3) is 23.9 Å². The molecule has 11 heteroatoms. The van der Waals surface area contributed by atoms with Gasteiger partial charge in [0, 0.05) is 27.7 Å². The average Bonchev–Trinajstić information content (AvgIpc) is 2.25. The van der Waals surface area contributed by atoms with Gasteiger partial charge < -0.3 is 30.3 Å². The summed E-state index contributed by atoms with van der Waals surface area (Å²) in [7, 11) is 0. The molecule has 11 nitrogen and oxygen atoms in total. The number of esters is 1. The van der Waals surface area contributed by atoms with Crippen molar-refractivity contribution in [2.24, 2.45) is 0 Å². The number of hydrogen-bond acceptors (Lipinski definition) is 7. The van der Waals surface area contributed by atoms with Gasteiger partial charge in [0.2, 0.25) is 0 Å². The van der Waals surface area contributed by atoms with Crippen molar-refractivity contribution in [3.05, 3.63) is 0 Å². The minimum atomic E-state index is -0.833. The summed E-state index contributed by atoms with van der Waals surface area (Å²) in [5, 5.41) is 37.8. The fourth-order valence-corrected chi connectivity index (χ4v) is 0.324. The maximum absolute atomic E-state index is 10.3. The normalized spacial score (nSPS) is 7.08. The molecule has 0 saturated heterocycles. The number of carbonyl (C=O) groups is 5. The molecule has 0 radical (unpaired) electrons. The molecular formula is C13H26O11. The quantitative estimate of drug-likeness (QED) is 0.435. The highest BCUT2D eigenvalue weighted by Gasteiger charge is 1.96. The van der Waals surface area contributed by atoms with Gasteiger partial charge in [-0.05, 0) is 6.92 Å². The van der Waals surface area contributed by atoms with Crippen LogP contribution in [0, 0.1) is 0 Å². The highest BCUT2D eigenvalue weighted by atomic mass is 16.5. The summed E-state index contributed by atoms with van der Waals surface area (Å²) in [5.41, 5.74) is 0. The van der Waals surface area contributed by atoms with Crippen molar-refractivity contribution in [1.29, 1.82) is 0 Å². The number of carbonyl (C=O) groups excluding carboxylic acids is 1. The number of rotatable bonds is 3. The third kappa shape index (κ3) is 591. The van der Waals surface area contributed by atoms with Gasteiger partial charge in [-0.15, -0.1) is 0 Å². The Labute approximate surface area is 139 Å². The van der Waals surface area contributed by atoms with Gasteiger partial charge in [-0.1, -0.05) is 0 Å². The summed E-state index contributed by atoms with van der Waals surface area (Å²) in [4.78, 5) is 46.3. The highest BCUT2D eigenvalue weighted by Crippen LogP contribution is 1.82.